The Balaban J connectivity index is 1.04. The largest absolute Gasteiger partial charge is 0.507 e. The fourth-order valence-corrected chi connectivity index (χ4v) is 6.45. The van der Waals surface area contributed by atoms with Crippen LogP contribution in [0, 0.1) is 5.41 Å². The molecule has 1 aliphatic carbocycles. The molecule has 3 N–H and O–H groups in total. The Hall–Kier alpha value is -2.42. The topological polar surface area (TPSA) is 79.8 Å². The fourth-order valence-electron chi connectivity index (χ4n) is 6.45. The lowest BCUT2D eigenvalue weighted by atomic mass is 9.59. The van der Waals surface area contributed by atoms with Gasteiger partial charge in [0.1, 0.15) is 5.75 Å². The van der Waals surface area contributed by atoms with Gasteiger partial charge in [-0.05, 0) is 69.4 Å². The van der Waals surface area contributed by atoms with Gasteiger partial charge in [0, 0.05) is 56.9 Å². The van der Waals surface area contributed by atoms with Crippen LogP contribution in [-0.4, -0.2) is 96.6 Å². The van der Waals surface area contributed by atoms with E-state index < -0.39 is 0 Å². The molecule has 3 aliphatic heterocycles. The van der Waals surface area contributed by atoms with Crippen molar-refractivity contribution < 1.29 is 5.11 Å². The van der Waals surface area contributed by atoms with Gasteiger partial charge in [-0.1, -0.05) is 12.1 Å². The van der Waals surface area contributed by atoms with Gasteiger partial charge in [-0.15, -0.1) is 10.2 Å². The lowest BCUT2D eigenvalue weighted by Gasteiger charge is -2.63. The summed E-state index contributed by atoms with van der Waals surface area (Å²) in [5.74, 6) is 1.07. The van der Waals surface area contributed by atoms with E-state index in [1.54, 1.807) is 6.07 Å². The Bertz CT molecular complexity index is 1010. The van der Waals surface area contributed by atoms with E-state index in [1.807, 2.05) is 18.2 Å². The van der Waals surface area contributed by atoms with E-state index >= 15 is 0 Å². The van der Waals surface area contributed by atoms with Gasteiger partial charge in [0.05, 0.1) is 11.4 Å². The third-order valence-electron chi connectivity index (χ3n) is 8.55. The average molecular weight is 464 g/mol. The molecule has 1 saturated carbocycles. The van der Waals surface area contributed by atoms with Crippen molar-refractivity contribution in [1.29, 1.82) is 0 Å². The molecule has 1 spiro atoms. The Morgan fingerprint density at radius 2 is 1.91 bits per heavy atom. The molecule has 0 unspecified atom stereocenters. The maximum Gasteiger partial charge on any atom is 0.172 e. The summed E-state index contributed by atoms with van der Waals surface area (Å²) >= 11 is 0. The molecule has 6 rings (SSSR count). The zero-order chi connectivity index (χ0) is 23.1. The van der Waals surface area contributed by atoms with Crippen LogP contribution >= 0.6 is 0 Å². The Labute approximate surface area is 202 Å². The molecule has 0 bridgehead atoms. The predicted octanol–water partition coefficient (Wildman–Crippen LogP) is 2.23. The van der Waals surface area contributed by atoms with Crippen molar-refractivity contribution >= 4 is 11.5 Å². The summed E-state index contributed by atoms with van der Waals surface area (Å²) in [6.07, 6.45) is 5.35. The van der Waals surface area contributed by atoms with E-state index in [0.29, 0.717) is 17.2 Å². The van der Waals surface area contributed by atoms with Crippen molar-refractivity contribution in [2.75, 3.05) is 69.6 Å². The van der Waals surface area contributed by atoms with Crippen LogP contribution in [-0.2, 0) is 0 Å². The lowest BCUT2D eigenvalue weighted by Crippen LogP contribution is -2.68. The summed E-state index contributed by atoms with van der Waals surface area (Å²) in [5, 5.41) is 25.9. The molecule has 0 radical (unpaired) electrons. The summed E-state index contributed by atoms with van der Waals surface area (Å²) in [5.41, 5.74) is 3.12. The number of likely N-dealkylation sites (tertiary alicyclic amines) is 1. The van der Waals surface area contributed by atoms with Crippen LogP contribution in [0.3, 0.4) is 0 Å². The van der Waals surface area contributed by atoms with E-state index in [4.69, 9.17) is 0 Å². The lowest BCUT2D eigenvalue weighted by molar-refractivity contribution is -0.124. The maximum atomic E-state index is 10.3. The molecule has 8 nitrogen and oxygen atoms in total. The van der Waals surface area contributed by atoms with E-state index in [2.05, 4.69) is 48.6 Å². The third-order valence-corrected chi connectivity index (χ3v) is 8.55. The number of phenolic OH excluding ortho intramolecular Hbond substituents is 1. The molecule has 4 aliphatic rings. The van der Waals surface area contributed by atoms with Gasteiger partial charge in [0.25, 0.3) is 0 Å². The number of nitrogens with one attached hydrogen (secondary N) is 2. The third kappa shape index (κ3) is 4.12. The number of hydrogen-bond acceptors (Lipinski definition) is 8. The van der Waals surface area contributed by atoms with Crippen LogP contribution in [0.2, 0.25) is 0 Å². The summed E-state index contributed by atoms with van der Waals surface area (Å²) < 4.78 is 0. The van der Waals surface area contributed by atoms with Crippen LogP contribution in [0.5, 0.6) is 5.75 Å². The maximum absolute atomic E-state index is 10.3. The number of phenols is 1. The number of nitrogens with zero attached hydrogens (tertiary/aromatic N) is 5. The van der Waals surface area contributed by atoms with Crippen molar-refractivity contribution in [3.63, 3.8) is 0 Å². The Kier molecular flexibility index (Phi) is 5.83. The zero-order valence-electron chi connectivity index (χ0n) is 20.2. The van der Waals surface area contributed by atoms with E-state index in [0.717, 1.165) is 49.3 Å². The standard InChI is InChI=1S/C26H37N7O/c1-31(20-15-26(16-20)17-33(18-26)19-6-8-27-9-7-19)12-13-32-11-10-28-25-23(32)14-22(29-30-25)21-4-2-3-5-24(21)34/h2-5,14,19-20,27,34H,6-13,15-18H2,1H3,(H,28,30). The summed E-state index contributed by atoms with van der Waals surface area (Å²) in [4.78, 5) is 7.73. The molecule has 2 saturated heterocycles. The number of anilines is 2. The van der Waals surface area contributed by atoms with Crippen molar-refractivity contribution in [2.24, 2.45) is 5.41 Å². The number of rotatable bonds is 6. The smallest absolute Gasteiger partial charge is 0.172 e. The predicted molar refractivity (Wildman–Crippen MR) is 135 cm³/mol. The number of aromatic hydroxyl groups is 1. The summed E-state index contributed by atoms with van der Waals surface area (Å²) in [6.45, 7) is 8.87. The van der Waals surface area contributed by atoms with Gasteiger partial charge in [0.15, 0.2) is 5.82 Å². The Morgan fingerprint density at radius 3 is 2.71 bits per heavy atom. The number of likely N-dealkylation sites (N-methyl/N-ethyl adjacent to an activating group) is 1. The minimum Gasteiger partial charge on any atom is -0.507 e. The van der Waals surface area contributed by atoms with Crippen molar-refractivity contribution in [1.82, 2.24) is 25.3 Å². The van der Waals surface area contributed by atoms with Crippen molar-refractivity contribution in [3.8, 4) is 17.0 Å². The highest BCUT2D eigenvalue weighted by molar-refractivity contribution is 5.75. The number of benzene rings is 1. The number of fused-ring (bicyclic) bond motifs is 1. The van der Waals surface area contributed by atoms with Crippen LogP contribution in [0.1, 0.15) is 25.7 Å². The molecular formula is C26H37N7O. The monoisotopic (exact) mass is 463 g/mol. The molecule has 1 aromatic carbocycles. The van der Waals surface area contributed by atoms with E-state index in [9.17, 15) is 5.11 Å². The highest BCUT2D eigenvalue weighted by Crippen LogP contribution is 2.51. The van der Waals surface area contributed by atoms with Crippen molar-refractivity contribution in [2.45, 2.75) is 37.8 Å². The Morgan fingerprint density at radius 1 is 1.12 bits per heavy atom. The summed E-state index contributed by atoms with van der Waals surface area (Å²) in [7, 11) is 2.29. The zero-order valence-corrected chi connectivity index (χ0v) is 20.2. The second kappa shape index (κ2) is 8.98. The fraction of sp³-hybridized carbons (Fsp3) is 0.615. The van der Waals surface area contributed by atoms with E-state index in [1.165, 1.54) is 51.9 Å². The van der Waals surface area contributed by atoms with Gasteiger partial charge < -0.3 is 25.5 Å². The normalized spacial score (nSPS) is 22.8. The molecule has 3 fully saturated rings. The number of para-hydroxylation sites is 1. The number of piperidine rings is 1. The van der Waals surface area contributed by atoms with E-state index in [-0.39, 0.29) is 5.75 Å². The van der Waals surface area contributed by atoms with Crippen LogP contribution < -0.4 is 15.5 Å². The minimum absolute atomic E-state index is 0.237. The molecule has 182 valence electrons. The van der Waals surface area contributed by atoms with Gasteiger partial charge >= 0.3 is 0 Å². The van der Waals surface area contributed by atoms with Crippen molar-refractivity contribution in [3.05, 3.63) is 30.3 Å². The molecule has 8 heteroatoms. The SMILES string of the molecule is CN(CCN1CCNc2nnc(-c3ccccc3O)cc21)C1CC2(C1)CN(C1CCNCC1)C2. The highest BCUT2D eigenvalue weighted by atomic mass is 16.3. The first-order chi connectivity index (χ1) is 16.6. The van der Waals surface area contributed by atoms with Crippen LogP contribution in [0.25, 0.3) is 11.3 Å². The van der Waals surface area contributed by atoms with Crippen LogP contribution in [0.15, 0.2) is 30.3 Å². The first-order valence-corrected chi connectivity index (χ1v) is 12.9. The molecule has 0 amide bonds. The first kappa shape index (κ1) is 22.1. The second-order valence-corrected chi connectivity index (χ2v) is 10.8. The van der Waals surface area contributed by atoms with Gasteiger partial charge in [-0.25, -0.2) is 0 Å². The minimum atomic E-state index is 0.237. The average Bonchev–Trinajstić information content (AvgIpc) is 2.81. The number of aromatic nitrogens is 2. The molecule has 4 heterocycles. The first-order valence-electron chi connectivity index (χ1n) is 12.9. The van der Waals surface area contributed by atoms with Gasteiger partial charge in [-0.2, -0.15) is 0 Å². The molecule has 2 aromatic rings. The molecule has 34 heavy (non-hydrogen) atoms. The number of hydrogen-bond donors (Lipinski definition) is 3. The van der Waals surface area contributed by atoms with Crippen LogP contribution in [0.4, 0.5) is 11.5 Å². The quantitative estimate of drug-likeness (QED) is 0.602. The van der Waals surface area contributed by atoms with Gasteiger partial charge in [0.2, 0.25) is 0 Å². The molecule has 1 aromatic heterocycles. The molecule has 0 atom stereocenters. The highest BCUT2D eigenvalue weighted by Gasteiger charge is 2.54. The summed E-state index contributed by atoms with van der Waals surface area (Å²) in [6, 6.07) is 10.9. The van der Waals surface area contributed by atoms with Gasteiger partial charge in [-0.3, -0.25) is 4.90 Å². The second-order valence-electron chi connectivity index (χ2n) is 10.8. The molecular weight excluding hydrogens is 426 g/mol.